The minimum Gasteiger partial charge on any atom is -0.310 e. The van der Waals surface area contributed by atoms with Gasteiger partial charge in [-0.2, -0.15) is 0 Å². The molecule has 0 saturated heterocycles. The average Bonchev–Trinajstić information content (AvgIpc) is 3.21. The van der Waals surface area contributed by atoms with Gasteiger partial charge in [0.25, 0.3) is 0 Å². The molecule has 21 heavy (non-hydrogen) atoms. The van der Waals surface area contributed by atoms with Crippen LogP contribution in [0.25, 0.3) is 0 Å². The minimum absolute atomic E-state index is 0.201. The minimum atomic E-state index is -3.81. The first kappa shape index (κ1) is 16.4. The fourth-order valence-electron chi connectivity index (χ4n) is 2.23. The van der Waals surface area contributed by atoms with Crippen molar-refractivity contribution in [2.45, 2.75) is 63.1 Å². The van der Waals surface area contributed by atoms with Gasteiger partial charge in [-0.25, -0.2) is 17.5 Å². The molecule has 1 aliphatic rings. The molecule has 118 valence electrons. The van der Waals surface area contributed by atoms with Crippen molar-refractivity contribution in [1.29, 1.82) is 0 Å². The molecule has 1 aromatic carbocycles. The van der Waals surface area contributed by atoms with E-state index in [0.717, 1.165) is 31.2 Å². The number of sulfonamides is 1. The van der Waals surface area contributed by atoms with Gasteiger partial charge in [0.2, 0.25) is 10.0 Å². The van der Waals surface area contributed by atoms with Crippen LogP contribution in [0.3, 0.4) is 0 Å². The number of hydrogen-bond acceptors (Lipinski definition) is 3. The monoisotopic (exact) mass is 314 g/mol. The zero-order valence-electron chi connectivity index (χ0n) is 12.5. The van der Waals surface area contributed by atoms with Crippen LogP contribution in [0.2, 0.25) is 0 Å². The summed E-state index contributed by atoms with van der Waals surface area (Å²) in [6, 6.07) is 4.60. The van der Waals surface area contributed by atoms with E-state index in [9.17, 15) is 12.8 Å². The number of halogens is 1. The van der Waals surface area contributed by atoms with Crippen LogP contribution >= 0.6 is 0 Å². The lowest BCUT2D eigenvalue weighted by Gasteiger charge is -2.14. The summed E-state index contributed by atoms with van der Waals surface area (Å²) in [5, 5.41) is 3.29. The molecule has 6 heteroatoms. The largest absolute Gasteiger partial charge is 0.310 e. The fourth-order valence-corrected chi connectivity index (χ4v) is 3.64. The first-order valence-electron chi connectivity index (χ1n) is 7.46. The van der Waals surface area contributed by atoms with E-state index >= 15 is 0 Å². The maximum absolute atomic E-state index is 13.9. The molecule has 0 heterocycles. The zero-order chi connectivity index (χ0) is 15.5. The van der Waals surface area contributed by atoms with E-state index in [4.69, 9.17) is 0 Å². The van der Waals surface area contributed by atoms with Crippen molar-refractivity contribution in [3.05, 3.63) is 29.6 Å². The zero-order valence-corrected chi connectivity index (χ0v) is 13.3. The van der Waals surface area contributed by atoms with Gasteiger partial charge in [0.05, 0.1) is 0 Å². The Bertz CT molecular complexity index is 585. The molecular weight excluding hydrogens is 291 g/mol. The van der Waals surface area contributed by atoms with Crippen molar-refractivity contribution in [2.24, 2.45) is 0 Å². The highest BCUT2D eigenvalue weighted by molar-refractivity contribution is 7.89. The highest BCUT2D eigenvalue weighted by atomic mass is 32.2. The second-order valence-electron chi connectivity index (χ2n) is 5.73. The number of rotatable bonds is 8. The maximum atomic E-state index is 13.9. The quantitative estimate of drug-likeness (QED) is 0.775. The maximum Gasteiger partial charge on any atom is 0.243 e. The summed E-state index contributed by atoms with van der Waals surface area (Å²) < 4.78 is 40.9. The van der Waals surface area contributed by atoms with E-state index in [1.807, 2.05) is 6.92 Å². The normalized spacial score (nSPS) is 16.9. The predicted molar refractivity (Wildman–Crippen MR) is 81.0 cm³/mol. The summed E-state index contributed by atoms with van der Waals surface area (Å²) in [6.45, 7) is 4.34. The molecule has 0 bridgehead atoms. The van der Waals surface area contributed by atoms with E-state index in [0.29, 0.717) is 12.6 Å². The summed E-state index contributed by atoms with van der Waals surface area (Å²) >= 11 is 0. The first-order valence-corrected chi connectivity index (χ1v) is 8.95. The van der Waals surface area contributed by atoms with Gasteiger partial charge in [-0.15, -0.1) is 0 Å². The van der Waals surface area contributed by atoms with Crippen molar-refractivity contribution in [3.8, 4) is 0 Å². The molecule has 1 fully saturated rings. The second-order valence-corrected chi connectivity index (χ2v) is 7.41. The highest BCUT2D eigenvalue weighted by Crippen LogP contribution is 2.21. The summed E-state index contributed by atoms with van der Waals surface area (Å²) in [5.41, 5.74) is 0.784. The van der Waals surface area contributed by atoms with Crippen LogP contribution in [0.4, 0.5) is 4.39 Å². The fraction of sp³-hybridized carbons (Fsp3) is 0.600. The van der Waals surface area contributed by atoms with Crippen LogP contribution in [0.15, 0.2) is 23.1 Å². The molecule has 1 aliphatic carbocycles. The van der Waals surface area contributed by atoms with Crippen molar-refractivity contribution in [2.75, 3.05) is 0 Å². The van der Waals surface area contributed by atoms with E-state index in [1.165, 1.54) is 12.1 Å². The standard InChI is InChI=1S/C15H23FN2O2S/c1-3-4-11(2)18-21(19,20)15-9-12(5-8-14(15)16)10-17-13-6-7-13/h5,8-9,11,13,17-18H,3-4,6-7,10H2,1-2H3. The molecular formula is C15H23FN2O2S. The SMILES string of the molecule is CCCC(C)NS(=O)(=O)c1cc(CNC2CC2)ccc1F. The Morgan fingerprint density at radius 3 is 2.71 bits per heavy atom. The molecule has 0 amide bonds. The van der Waals surface area contributed by atoms with Crippen molar-refractivity contribution in [1.82, 2.24) is 10.0 Å². The lowest BCUT2D eigenvalue weighted by atomic mass is 10.2. The van der Waals surface area contributed by atoms with E-state index in [-0.39, 0.29) is 10.9 Å². The highest BCUT2D eigenvalue weighted by Gasteiger charge is 2.23. The second kappa shape index (κ2) is 6.85. The molecule has 0 spiro atoms. The first-order chi connectivity index (χ1) is 9.92. The smallest absolute Gasteiger partial charge is 0.243 e. The van der Waals surface area contributed by atoms with Crippen molar-refractivity contribution < 1.29 is 12.8 Å². The van der Waals surface area contributed by atoms with Crippen LogP contribution in [0.5, 0.6) is 0 Å². The Morgan fingerprint density at radius 1 is 1.38 bits per heavy atom. The van der Waals surface area contributed by atoms with Crippen molar-refractivity contribution in [3.63, 3.8) is 0 Å². The van der Waals surface area contributed by atoms with Crippen molar-refractivity contribution >= 4 is 10.0 Å². The molecule has 0 aliphatic heterocycles. The van der Waals surface area contributed by atoms with Crippen LogP contribution < -0.4 is 10.0 Å². The van der Waals surface area contributed by atoms with Gasteiger partial charge in [-0.3, -0.25) is 0 Å². The molecule has 0 aromatic heterocycles. The van der Waals surface area contributed by atoms with Gasteiger partial charge in [0.1, 0.15) is 10.7 Å². The van der Waals surface area contributed by atoms with Crippen LogP contribution in [0.1, 0.15) is 45.1 Å². The molecule has 1 aromatic rings. The molecule has 4 nitrogen and oxygen atoms in total. The third-order valence-corrected chi connectivity index (χ3v) is 5.14. The van der Waals surface area contributed by atoms with Gasteiger partial charge in [-0.05, 0) is 43.9 Å². The summed E-state index contributed by atoms with van der Waals surface area (Å²) in [6.07, 6.45) is 3.91. The predicted octanol–water partition coefficient (Wildman–Crippen LogP) is 2.54. The molecule has 2 N–H and O–H groups in total. The topological polar surface area (TPSA) is 58.2 Å². The Balaban J connectivity index is 2.13. The summed E-state index contributed by atoms with van der Waals surface area (Å²) in [5.74, 6) is -0.707. The lowest BCUT2D eigenvalue weighted by molar-refractivity contribution is 0.530. The van der Waals surface area contributed by atoms with E-state index in [1.54, 1.807) is 13.0 Å². The Morgan fingerprint density at radius 2 is 2.10 bits per heavy atom. The van der Waals surface area contributed by atoms with Crippen LogP contribution in [-0.4, -0.2) is 20.5 Å². The molecule has 1 atom stereocenters. The number of nitrogens with one attached hydrogen (secondary N) is 2. The van der Waals surface area contributed by atoms with Gasteiger partial charge in [-0.1, -0.05) is 19.4 Å². The summed E-state index contributed by atoms with van der Waals surface area (Å²) in [4.78, 5) is -0.263. The van der Waals surface area contributed by atoms with Gasteiger partial charge < -0.3 is 5.32 Å². The number of benzene rings is 1. The third-order valence-electron chi connectivity index (χ3n) is 3.54. The Labute approximate surface area is 126 Å². The third kappa shape index (κ3) is 4.76. The van der Waals surface area contributed by atoms with Gasteiger partial charge >= 0.3 is 0 Å². The average molecular weight is 314 g/mol. The summed E-state index contributed by atoms with van der Waals surface area (Å²) in [7, 11) is -3.81. The molecule has 1 saturated carbocycles. The van der Waals surface area contributed by atoms with E-state index in [2.05, 4.69) is 10.0 Å². The van der Waals surface area contributed by atoms with E-state index < -0.39 is 15.8 Å². The Kier molecular flexibility index (Phi) is 5.35. The number of hydrogen-bond donors (Lipinski definition) is 2. The van der Waals surface area contributed by atoms with Gasteiger partial charge in [0, 0.05) is 18.6 Å². The Hall–Kier alpha value is -0.980. The van der Waals surface area contributed by atoms with Crippen LogP contribution in [0, 0.1) is 5.82 Å². The van der Waals surface area contributed by atoms with Gasteiger partial charge in [0.15, 0.2) is 0 Å². The molecule has 0 radical (unpaired) electrons. The molecule has 2 rings (SSSR count). The molecule has 1 unspecified atom stereocenters. The van der Waals surface area contributed by atoms with Crippen LogP contribution in [-0.2, 0) is 16.6 Å². The lowest BCUT2D eigenvalue weighted by Crippen LogP contribution is -2.33.